The topological polar surface area (TPSA) is 75.0 Å². The number of methoxy groups -OCH3 is 2. The Bertz CT molecular complexity index is 1080. The van der Waals surface area contributed by atoms with Crippen molar-refractivity contribution in [3.63, 3.8) is 0 Å². The molecule has 8 heteroatoms. The monoisotopic (exact) mass is 451 g/mol. The van der Waals surface area contributed by atoms with Crippen molar-refractivity contribution in [1.29, 1.82) is 5.26 Å². The molecule has 2 aromatic rings. The van der Waals surface area contributed by atoms with E-state index in [4.69, 9.17) is 14.2 Å². The molecule has 166 valence electrons. The highest BCUT2D eigenvalue weighted by Crippen LogP contribution is 2.44. The van der Waals surface area contributed by atoms with Crippen LogP contribution in [0.15, 0.2) is 53.1 Å². The third-order valence-corrected chi connectivity index (χ3v) is 6.77. The second kappa shape index (κ2) is 9.45. The summed E-state index contributed by atoms with van der Waals surface area (Å²) in [5, 5.41) is 10.7. The van der Waals surface area contributed by atoms with Crippen LogP contribution in [0.25, 0.3) is 0 Å². The average Bonchev–Trinajstić information content (AvgIpc) is 2.84. The van der Waals surface area contributed by atoms with Gasteiger partial charge in [-0.3, -0.25) is 9.69 Å². The van der Waals surface area contributed by atoms with Gasteiger partial charge in [-0.05, 0) is 36.8 Å². The van der Waals surface area contributed by atoms with Crippen molar-refractivity contribution in [3.8, 4) is 23.3 Å². The Morgan fingerprint density at radius 3 is 2.53 bits per heavy atom. The first kappa shape index (κ1) is 21.9. The number of benzene rings is 2. The number of rotatable bonds is 6. The van der Waals surface area contributed by atoms with Crippen LogP contribution in [0.1, 0.15) is 24.8 Å². The van der Waals surface area contributed by atoms with Gasteiger partial charge in [0.2, 0.25) is 5.91 Å². The largest absolute Gasteiger partial charge is 0.497 e. The lowest BCUT2D eigenvalue weighted by molar-refractivity contribution is -0.129. The van der Waals surface area contributed by atoms with Gasteiger partial charge in [0.15, 0.2) is 0 Å². The average molecular weight is 452 g/mol. The van der Waals surface area contributed by atoms with Crippen molar-refractivity contribution in [2.45, 2.75) is 19.3 Å². The molecule has 32 heavy (non-hydrogen) atoms. The highest BCUT2D eigenvalue weighted by atomic mass is 32.2. The normalized spacial score (nSPS) is 18.2. The standard InChI is InChI=1S/C24H25N3O4S/c1-4-31-17-7-5-16(6-8-17)19-12-23(28)27-14-26(15-32-24(27)20(19)13-25)21-10-9-18(29-2)11-22(21)30-3/h5-11,19H,4,12,14-15H2,1-3H3/t19-/m0/s1. The molecule has 0 spiro atoms. The number of fused-ring (bicyclic) bond motifs is 1. The van der Waals surface area contributed by atoms with Crippen LogP contribution in [0.2, 0.25) is 0 Å². The molecule has 2 aliphatic heterocycles. The highest BCUT2D eigenvalue weighted by molar-refractivity contribution is 8.03. The van der Waals surface area contributed by atoms with Gasteiger partial charge in [-0.25, -0.2) is 0 Å². The predicted octanol–water partition coefficient (Wildman–Crippen LogP) is 4.32. The van der Waals surface area contributed by atoms with Gasteiger partial charge in [-0.15, -0.1) is 0 Å². The van der Waals surface area contributed by atoms with Crippen molar-refractivity contribution in [3.05, 3.63) is 58.6 Å². The summed E-state index contributed by atoms with van der Waals surface area (Å²) in [5.74, 6) is 2.52. The molecule has 0 radical (unpaired) electrons. The highest BCUT2D eigenvalue weighted by Gasteiger charge is 2.38. The Labute approximate surface area is 192 Å². The zero-order chi connectivity index (χ0) is 22.7. The number of hydrogen-bond acceptors (Lipinski definition) is 7. The van der Waals surface area contributed by atoms with E-state index in [1.807, 2.05) is 49.4 Å². The fraction of sp³-hybridized carbons (Fsp3) is 0.333. The first-order valence-corrected chi connectivity index (χ1v) is 11.3. The second-order valence-corrected chi connectivity index (χ2v) is 8.34. The molecule has 1 saturated heterocycles. The van der Waals surface area contributed by atoms with Gasteiger partial charge < -0.3 is 19.1 Å². The first-order chi connectivity index (χ1) is 15.6. The van der Waals surface area contributed by atoms with E-state index in [0.29, 0.717) is 36.2 Å². The van der Waals surface area contributed by atoms with Gasteiger partial charge in [0.25, 0.3) is 0 Å². The third kappa shape index (κ3) is 4.08. The molecule has 2 aliphatic rings. The Hall–Kier alpha value is -3.31. The zero-order valence-corrected chi connectivity index (χ0v) is 19.1. The molecule has 0 aromatic heterocycles. The van der Waals surface area contributed by atoms with E-state index in [1.165, 1.54) is 11.8 Å². The van der Waals surface area contributed by atoms with E-state index in [9.17, 15) is 10.1 Å². The number of anilines is 1. The second-order valence-electron chi connectivity index (χ2n) is 7.40. The van der Waals surface area contributed by atoms with Gasteiger partial charge in [-0.2, -0.15) is 5.26 Å². The molecule has 0 N–H and O–H groups in total. The summed E-state index contributed by atoms with van der Waals surface area (Å²) < 4.78 is 16.3. The Kier molecular flexibility index (Phi) is 6.47. The SMILES string of the molecule is CCOc1ccc([C@@H]2CC(=O)N3CN(c4ccc(OC)cc4OC)CSC3=C2C#N)cc1. The van der Waals surface area contributed by atoms with Gasteiger partial charge in [0.1, 0.15) is 17.2 Å². The van der Waals surface area contributed by atoms with E-state index < -0.39 is 0 Å². The number of carbonyl (C=O) groups excluding carboxylic acids is 1. The summed E-state index contributed by atoms with van der Waals surface area (Å²) in [4.78, 5) is 16.9. The van der Waals surface area contributed by atoms with Crippen molar-refractivity contribution in [2.75, 3.05) is 38.3 Å². The van der Waals surface area contributed by atoms with Crippen LogP contribution < -0.4 is 19.1 Å². The Balaban J connectivity index is 1.62. The van der Waals surface area contributed by atoms with Crippen LogP contribution in [0.5, 0.6) is 17.2 Å². The summed E-state index contributed by atoms with van der Waals surface area (Å²) in [6, 6.07) is 15.7. The summed E-state index contributed by atoms with van der Waals surface area (Å²) in [7, 11) is 3.22. The molecule has 0 aliphatic carbocycles. The number of ether oxygens (including phenoxy) is 3. The zero-order valence-electron chi connectivity index (χ0n) is 18.3. The van der Waals surface area contributed by atoms with Crippen LogP contribution in [0.3, 0.4) is 0 Å². The molecule has 4 rings (SSSR count). The van der Waals surface area contributed by atoms with Gasteiger partial charge in [-0.1, -0.05) is 23.9 Å². The van der Waals surface area contributed by atoms with Crippen molar-refractivity contribution in [1.82, 2.24) is 4.90 Å². The molecular formula is C24H25N3O4S. The van der Waals surface area contributed by atoms with Gasteiger partial charge in [0.05, 0.1) is 55.7 Å². The molecule has 2 aromatic carbocycles. The number of nitriles is 1. The Morgan fingerprint density at radius 1 is 1.12 bits per heavy atom. The maximum absolute atomic E-state index is 13.1. The van der Waals surface area contributed by atoms with Crippen LogP contribution in [0.4, 0.5) is 5.69 Å². The molecule has 0 unspecified atom stereocenters. The third-order valence-electron chi connectivity index (χ3n) is 5.61. The summed E-state index contributed by atoms with van der Waals surface area (Å²) in [6.07, 6.45) is 0.258. The quantitative estimate of drug-likeness (QED) is 0.647. The van der Waals surface area contributed by atoms with Crippen molar-refractivity contribution >= 4 is 23.4 Å². The minimum atomic E-state index is -0.246. The molecule has 2 heterocycles. The van der Waals surface area contributed by atoms with Gasteiger partial charge >= 0.3 is 0 Å². The number of amides is 1. The smallest absolute Gasteiger partial charge is 0.229 e. The first-order valence-electron chi connectivity index (χ1n) is 10.4. The number of thioether (sulfide) groups is 1. The lowest BCUT2D eigenvalue weighted by Gasteiger charge is -2.42. The molecule has 1 atom stereocenters. The van der Waals surface area contributed by atoms with Crippen LogP contribution >= 0.6 is 11.8 Å². The summed E-state index contributed by atoms with van der Waals surface area (Å²) in [5.41, 5.74) is 2.46. The maximum Gasteiger partial charge on any atom is 0.229 e. The van der Waals surface area contributed by atoms with Crippen molar-refractivity contribution in [2.24, 2.45) is 0 Å². The van der Waals surface area contributed by atoms with Crippen molar-refractivity contribution < 1.29 is 19.0 Å². The minimum absolute atomic E-state index is 0.00237. The lowest BCUT2D eigenvalue weighted by atomic mass is 9.86. The molecular weight excluding hydrogens is 426 g/mol. The van der Waals surface area contributed by atoms with E-state index >= 15 is 0 Å². The summed E-state index contributed by atoms with van der Waals surface area (Å²) in [6.45, 7) is 2.90. The lowest BCUT2D eigenvalue weighted by Crippen LogP contribution is -2.47. The number of carbonyl (C=O) groups is 1. The number of allylic oxidation sites excluding steroid dienone is 1. The van der Waals surface area contributed by atoms with E-state index in [-0.39, 0.29) is 18.2 Å². The molecule has 0 saturated carbocycles. The van der Waals surface area contributed by atoms with Crippen LogP contribution in [-0.2, 0) is 4.79 Å². The van der Waals surface area contributed by atoms with E-state index in [0.717, 1.165) is 22.0 Å². The Morgan fingerprint density at radius 2 is 1.88 bits per heavy atom. The molecule has 1 fully saturated rings. The molecule has 1 amide bonds. The van der Waals surface area contributed by atoms with E-state index in [1.54, 1.807) is 19.1 Å². The maximum atomic E-state index is 13.1. The number of nitrogens with zero attached hydrogens (tertiary/aromatic N) is 3. The molecule has 7 nitrogen and oxygen atoms in total. The van der Waals surface area contributed by atoms with Gasteiger partial charge in [0, 0.05) is 18.4 Å². The number of hydrogen-bond donors (Lipinski definition) is 0. The minimum Gasteiger partial charge on any atom is -0.497 e. The van der Waals surface area contributed by atoms with E-state index in [2.05, 4.69) is 11.0 Å². The van der Waals surface area contributed by atoms with Crippen LogP contribution in [-0.4, -0.2) is 44.2 Å². The fourth-order valence-electron chi connectivity index (χ4n) is 4.01. The summed E-state index contributed by atoms with van der Waals surface area (Å²) >= 11 is 1.50. The fourth-order valence-corrected chi connectivity index (χ4v) is 5.17. The molecule has 0 bridgehead atoms. The van der Waals surface area contributed by atoms with Crippen LogP contribution in [0, 0.1) is 11.3 Å². The predicted molar refractivity (Wildman–Crippen MR) is 124 cm³/mol.